The summed E-state index contributed by atoms with van der Waals surface area (Å²) in [6, 6.07) is 7.66. The highest BCUT2D eigenvalue weighted by atomic mass is 16.6. The van der Waals surface area contributed by atoms with Gasteiger partial charge < -0.3 is 28.4 Å². The normalized spacial score (nSPS) is 23.4. The Bertz CT molecular complexity index is 2010. The van der Waals surface area contributed by atoms with Crippen molar-refractivity contribution in [2.45, 2.75) is 88.5 Å². The molecule has 2 saturated carbocycles. The van der Waals surface area contributed by atoms with E-state index in [-0.39, 0.29) is 23.9 Å². The van der Waals surface area contributed by atoms with Crippen LogP contribution in [0.5, 0.6) is 23.0 Å². The van der Waals surface area contributed by atoms with E-state index in [9.17, 15) is 9.59 Å². The molecule has 6 atom stereocenters. The number of carbonyl (C=O) groups is 2. The van der Waals surface area contributed by atoms with Gasteiger partial charge in [-0.2, -0.15) is 0 Å². The summed E-state index contributed by atoms with van der Waals surface area (Å²) < 4.78 is 35.0. The van der Waals surface area contributed by atoms with Crippen LogP contribution in [0.3, 0.4) is 0 Å². The molecule has 56 heavy (non-hydrogen) atoms. The van der Waals surface area contributed by atoms with Gasteiger partial charge in [0.05, 0.1) is 63.3 Å². The predicted molar refractivity (Wildman–Crippen MR) is 204 cm³/mol. The lowest BCUT2D eigenvalue weighted by molar-refractivity contribution is -0.176. The Kier molecular flexibility index (Phi) is 10.6. The summed E-state index contributed by atoms with van der Waals surface area (Å²) in [5.74, 6) is 0.246. The van der Waals surface area contributed by atoms with Gasteiger partial charge in [-0.3, -0.25) is 29.9 Å². The van der Waals surface area contributed by atoms with Crippen LogP contribution in [0.2, 0.25) is 0 Å². The van der Waals surface area contributed by atoms with Crippen molar-refractivity contribution in [1.82, 2.24) is 19.9 Å². The number of fused-ring (bicyclic) bond motifs is 6. The second kappa shape index (κ2) is 16.0. The summed E-state index contributed by atoms with van der Waals surface area (Å²) in [5.41, 5.74) is 6.50. The molecule has 8 rings (SSSR count). The molecule has 0 spiro atoms. The number of hydrogen-bond donors (Lipinski definition) is 0. The van der Waals surface area contributed by atoms with Gasteiger partial charge in [-0.25, -0.2) is 9.59 Å². The van der Waals surface area contributed by atoms with E-state index in [1.165, 1.54) is 0 Å². The zero-order chi connectivity index (χ0) is 38.8. The minimum absolute atomic E-state index is 0.0850. The zero-order valence-corrected chi connectivity index (χ0v) is 31.8. The fraction of sp³-hybridized carbons (Fsp3) is 0.429. The molecule has 4 aliphatic rings. The fourth-order valence-corrected chi connectivity index (χ4v) is 8.57. The van der Waals surface area contributed by atoms with Crippen LogP contribution in [-0.2, 0) is 19.1 Å². The second-order valence-electron chi connectivity index (χ2n) is 14.2. The average Bonchev–Trinajstić information content (AvgIpc) is 3.23. The van der Waals surface area contributed by atoms with Crippen LogP contribution >= 0.6 is 0 Å². The largest absolute Gasteiger partial charge is 0.493 e. The first-order chi connectivity index (χ1) is 27.4. The predicted octanol–water partition coefficient (Wildman–Crippen LogP) is 5.58. The van der Waals surface area contributed by atoms with Crippen molar-refractivity contribution in [3.63, 3.8) is 0 Å². The van der Waals surface area contributed by atoms with Crippen LogP contribution in [0.15, 0.2) is 71.4 Å². The summed E-state index contributed by atoms with van der Waals surface area (Å²) in [7, 11) is 3.20. The van der Waals surface area contributed by atoms with Crippen LogP contribution in [0.1, 0.15) is 97.8 Å². The molecule has 290 valence electrons. The number of benzene rings is 2. The molecular formula is C42H44N6O8. The number of rotatable bonds is 10. The number of esters is 2. The van der Waals surface area contributed by atoms with Crippen LogP contribution in [-0.4, -0.2) is 95.0 Å². The van der Waals surface area contributed by atoms with Gasteiger partial charge in [-0.15, -0.1) is 0 Å². The monoisotopic (exact) mass is 760 g/mol. The minimum atomic E-state index is -0.990. The first kappa shape index (κ1) is 37.0. The van der Waals surface area contributed by atoms with Crippen molar-refractivity contribution >= 4 is 23.4 Å². The lowest BCUT2D eigenvalue weighted by Gasteiger charge is -2.39. The lowest BCUT2D eigenvalue weighted by Crippen LogP contribution is -2.39. The maximum absolute atomic E-state index is 13.4. The Hall–Kier alpha value is -5.92. The lowest BCUT2D eigenvalue weighted by atomic mass is 9.74. The van der Waals surface area contributed by atoms with Crippen molar-refractivity contribution in [3.05, 3.63) is 95.1 Å². The molecule has 0 N–H and O–H groups in total. The Morgan fingerprint density at radius 3 is 1.43 bits per heavy atom. The molecule has 2 aliphatic carbocycles. The minimum Gasteiger partial charge on any atom is -0.493 e. The summed E-state index contributed by atoms with van der Waals surface area (Å²) in [6.45, 7) is 4.77. The molecule has 0 amide bonds. The summed E-state index contributed by atoms with van der Waals surface area (Å²) in [6.07, 6.45) is 12.3. The molecular weight excluding hydrogens is 716 g/mol. The fourth-order valence-electron chi connectivity index (χ4n) is 8.57. The van der Waals surface area contributed by atoms with E-state index < -0.39 is 24.1 Å². The first-order valence-corrected chi connectivity index (χ1v) is 19.2. The third-order valence-corrected chi connectivity index (χ3v) is 11.0. The molecule has 2 aromatic carbocycles. The number of nitrogens with zero attached hydrogens (tertiary/aromatic N) is 6. The van der Waals surface area contributed by atoms with Crippen LogP contribution < -0.4 is 18.9 Å². The van der Waals surface area contributed by atoms with Gasteiger partial charge in [0.15, 0.2) is 23.0 Å². The number of aromatic nitrogens is 4. The maximum atomic E-state index is 13.4. The van der Waals surface area contributed by atoms with Crippen molar-refractivity contribution < 1.29 is 38.0 Å². The molecule has 4 aromatic rings. The topological polar surface area (TPSA) is 166 Å². The Morgan fingerprint density at radius 1 is 0.607 bits per heavy atom. The van der Waals surface area contributed by atoms with Crippen LogP contribution in [0.25, 0.3) is 0 Å². The second-order valence-corrected chi connectivity index (χ2v) is 14.2. The van der Waals surface area contributed by atoms with Gasteiger partial charge >= 0.3 is 11.9 Å². The summed E-state index contributed by atoms with van der Waals surface area (Å²) in [4.78, 5) is 54.7. The van der Waals surface area contributed by atoms with E-state index in [1.54, 1.807) is 51.4 Å². The molecule has 14 heteroatoms. The maximum Gasteiger partial charge on any atom is 0.417 e. The molecule has 0 saturated heterocycles. The van der Waals surface area contributed by atoms with Crippen molar-refractivity contribution in [2.24, 2.45) is 9.98 Å². The van der Waals surface area contributed by atoms with Crippen molar-refractivity contribution in [3.8, 4) is 23.0 Å². The number of carbonyl (C=O) groups excluding carboxylic acids is 2. The Balaban J connectivity index is 0.979. The highest BCUT2D eigenvalue weighted by Gasteiger charge is 2.42. The molecule has 0 bridgehead atoms. The number of ether oxygens (including phenoxy) is 6. The van der Waals surface area contributed by atoms with E-state index >= 15 is 0 Å². The van der Waals surface area contributed by atoms with Crippen molar-refractivity contribution in [1.29, 1.82) is 0 Å². The van der Waals surface area contributed by atoms with Gasteiger partial charge in [0.1, 0.15) is 23.6 Å². The standard InChI is InChI=1S/C42H44N6O8/c1-5-53-37-17-25-27-15-23(7-9-31(27)47-39(29(25)19-35(37)51-3)33-21-43-11-13-45-33)55-41(49)42(50)56-24-8-10-32-28(16-24)26-18-38(54-6-2)36(52-4)20-30(26)40(48-32)34-22-44-12-14-46-34/h11-14,17-24,27-28,31-32H,5-10,15-16H2,1-4H3/t23-,24-,27-,28-,31-,32-/m1/s1. The van der Waals surface area contributed by atoms with E-state index in [0.717, 1.165) is 33.7 Å². The Morgan fingerprint density at radius 2 is 1.05 bits per heavy atom. The number of aliphatic imine (C=N–C) groups is 2. The third-order valence-electron chi connectivity index (χ3n) is 11.0. The van der Waals surface area contributed by atoms with Gasteiger partial charge in [0, 0.05) is 47.8 Å². The van der Waals surface area contributed by atoms with E-state index in [1.807, 2.05) is 38.1 Å². The average molecular weight is 761 g/mol. The van der Waals surface area contributed by atoms with Gasteiger partial charge in [-0.05, 0) is 87.8 Å². The van der Waals surface area contributed by atoms with E-state index in [0.29, 0.717) is 86.1 Å². The zero-order valence-electron chi connectivity index (χ0n) is 31.8. The van der Waals surface area contributed by atoms with Gasteiger partial charge in [0.2, 0.25) is 0 Å². The van der Waals surface area contributed by atoms with Crippen LogP contribution in [0, 0.1) is 0 Å². The summed E-state index contributed by atoms with van der Waals surface area (Å²) >= 11 is 0. The molecule has 0 unspecified atom stereocenters. The smallest absolute Gasteiger partial charge is 0.417 e. The molecule has 2 fully saturated rings. The highest BCUT2D eigenvalue weighted by Crippen LogP contribution is 2.47. The quantitative estimate of drug-likeness (QED) is 0.146. The molecule has 4 heterocycles. The molecule has 14 nitrogen and oxygen atoms in total. The number of methoxy groups -OCH3 is 2. The van der Waals surface area contributed by atoms with E-state index in [4.69, 9.17) is 38.4 Å². The molecule has 2 aliphatic heterocycles. The first-order valence-electron chi connectivity index (χ1n) is 19.2. The SMILES string of the molecule is CCOc1cc2c(cc1OC)C(c1cnccn1)=N[C@@H]1CC[C@@H](OC(=O)C(=O)O[C@@H]3CC[C@H]4N=C(c5cnccn5)c5cc(OC)c(OCC)cc5[C@H]4C3)C[C@H]21. The summed E-state index contributed by atoms with van der Waals surface area (Å²) in [5, 5.41) is 0. The third kappa shape index (κ3) is 7.15. The molecule has 2 aromatic heterocycles. The number of hydrogen-bond acceptors (Lipinski definition) is 14. The Labute approximate surface area is 324 Å². The van der Waals surface area contributed by atoms with Gasteiger partial charge in [0.25, 0.3) is 0 Å². The van der Waals surface area contributed by atoms with Gasteiger partial charge in [-0.1, -0.05) is 0 Å². The van der Waals surface area contributed by atoms with Crippen LogP contribution in [0.4, 0.5) is 0 Å². The molecule has 0 radical (unpaired) electrons. The van der Waals surface area contributed by atoms with E-state index in [2.05, 4.69) is 19.9 Å². The van der Waals surface area contributed by atoms with Crippen molar-refractivity contribution in [2.75, 3.05) is 27.4 Å². The highest BCUT2D eigenvalue weighted by molar-refractivity contribution is 6.29.